The zero-order valence-electron chi connectivity index (χ0n) is 12.7. The van der Waals surface area contributed by atoms with Gasteiger partial charge >= 0.3 is 0 Å². The number of anilines is 1. The molecule has 0 heterocycles. The largest absolute Gasteiger partial charge is 0.396 e. The average Bonchev–Trinajstić information content (AvgIpc) is 2.43. The standard InChI is InChI=1S/C16H28N2O/c1-5-14(11-12-19)17-16(6-2)13-7-9-15(10-8-13)18(3)4/h7-10,14,16-17,19H,5-6,11-12H2,1-4H3. The molecule has 0 bridgehead atoms. The lowest BCUT2D eigenvalue weighted by molar-refractivity contribution is 0.254. The fourth-order valence-electron chi connectivity index (χ4n) is 2.30. The molecule has 0 radical (unpaired) electrons. The second kappa shape index (κ2) is 8.18. The summed E-state index contributed by atoms with van der Waals surface area (Å²) in [6.45, 7) is 4.61. The third-order valence-electron chi connectivity index (χ3n) is 3.63. The lowest BCUT2D eigenvalue weighted by Crippen LogP contribution is -2.33. The van der Waals surface area contributed by atoms with Crippen LogP contribution in [-0.4, -0.2) is 31.9 Å². The van der Waals surface area contributed by atoms with Gasteiger partial charge in [-0.3, -0.25) is 0 Å². The predicted molar refractivity (Wildman–Crippen MR) is 82.7 cm³/mol. The summed E-state index contributed by atoms with van der Waals surface area (Å²) in [6, 6.07) is 9.47. The van der Waals surface area contributed by atoms with Gasteiger partial charge < -0.3 is 15.3 Å². The molecule has 108 valence electrons. The lowest BCUT2D eigenvalue weighted by atomic mass is 10.0. The Kier molecular flexibility index (Phi) is 6.89. The highest BCUT2D eigenvalue weighted by Gasteiger charge is 2.14. The van der Waals surface area contributed by atoms with Crippen molar-refractivity contribution in [2.75, 3.05) is 25.6 Å². The van der Waals surface area contributed by atoms with E-state index in [9.17, 15) is 0 Å². The van der Waals surface area contributed by atoms with Crippen molar-refractivity contribution in [1.29, 1.82) is 0 Å². The van der Waals surface area contributed by atoms with Gasteiger partial charge in [-0.1, -0.05) is 26.0 Å². The van der Waals surface area contributed by atoms with E-state index < -0.39 is 0 Å². The Morgan fingerprint density at radius 3 is 2.16 bits per heavy atom. The van der Waals surface area contributed by atoms with E-state index in [-0.39, 0.29) is 6.61 Å². The molecule has 0 fully saturated rings. The Morgan fingerprint density at radius 1 is 1.11 bits per heavy atom. The predicted octanol–water partition coefficient (Wildman–Crippen LogP) is 2.95. The van der Waals surface area contributed by atoms with Crippen LogP contribution in [0, 0.1) is 0 Å². The third kappa shape index (κ3) is 4.84. The van der Waals surface area contributed by atoms with Crippen molar-refractivity contribution in [3.8, 4) is 0 Å². The molecule has 1 rings (SSSR count). The Labute approximate surface area is 117 Å². The average molecular weight is 264 g/mol. The topological polar surface area (TPSA) is 35.5 Å². The summed E-state index contributed by atoms with van der Waals surface area (Å²) in [4.78, 5) is 2.11. The van der Waals surface area contributed by atoms with E-state index in [1.165, 1.54) is 11.3 Å². The molecule has 0 aliphatic carbocycles. The maximum atomic E-state index is 9.08. The number of hydrogen-bond donors (Lipinski definition) is 2. The summed E-state index contributed by atoms with van der Waals surface area (Å²) in [5.41, 5.74) is 2.55. The Balaban J connectivity index is 2.73. The van der Waals surface area contributed by atoms with Crippen molar-refractivity contribution in [2.24, 2.45) is 0 Å². The van der Waals surface area contributed by atoms with Gasteiger partial charge in [0, 0.05) is 38.5 Å². The molecule has 3 heteroatoms. The molecule has 0 saturated carbocycles. The van der Waals surface area contributed by atoms with Crippen LogP contribution in [0.3, 0.4) is 0 Å². The lowest BCUT2D eigenvalue weighted by Gasteiger charge is -2.24. The van der Waals surface area contributed by atoms with Crippen molar-refractivity contribution in [1.82, 2.24) is 5.32 Å². The van der Waals surface area contributed by atoms with Gasteiger partial charge in [0.25, 0.3) is 0 Å². The quantitative estimate of drug-likeness (QED) is 0.758. The van der Waals surface area contributed by atoms with Gasteiger partial charge in [0.1, 0.15) is 0 Å². The number of aliphatic hydroxyl groups excluding tert-OH is 1. The highest BCUT2D eigenvalue weighted by molar-refractivity contribution is 5.46. The molecule has 1 aromatic rings. The van der Waals surface area contributed by atoms with E-state index in [0.717, 1.165) is 19.3 Å². The summed E-state index contributed by atoms with van der Waals surface area (Å²) in [5.74, 6) is 0. The monoisotopic (exact) mass is 264 g/mol. The minimum Gasteiger partial charge on any atom is -0.396 e. The molecule has 0 spiro atoms. The number of nitrogens with zero attached hydrogens (tertiary/aromatic N) is 1. The molecule has 2 unspecified atom stereocenters. The molecule has 2 N–H and O–H groups in total. The van der Waals surface area contributed by atoms with Gasteiger partial charge in [-0.25, -0.2) is 0 Å². The molecule has 19 heavy (non-hydrogen) atoms. The van der Waals surface area contributed by atoms with Crippen molar-refractivity contribution in [3.63, 3.8) is 0 Å². The second-order valence-corrected chi connectivity index (χ2v) is 5.23. The number of nitrogens with one attached hydrogen (secondary N) is 1. The van der Waals surface area contributed by atoms with Crippen LogP contribution in [0.5, 0.6) is 0 Å². The highest BCUT2D eigenvalue weighted by Crippen LogP contribution is 2.21. The van der Waals surface area contributed by atoms with E-state index in [4.69, 9.17) is 5.11 Å². The molecular weight excluding hydrogens is 236 g/mol. The van der Waals surface area contributed by atoms with Gasteiger partial charge in [0.05, 0.1) is 0 Å². The number of rotatable bonds is 8. The Morgan fingerprint density at radius 2 is 1.74 bits per heavy atom. The van der Waals surface area contributed by atoms with E-state index in [1.54, 1.807) is 0 Å². The molecular formula is C16H28N2O. The SMILES string of the molecule is CCC(CCO)NC(CC)c1ccc(N(C)C)cc1. The minimum atomic E-state index is 0.251. The first-order valence-corrected chi connectivity index (χ1v) is 7.26. The maximum absolute atomic E-state index is 9.08. The summed E-state index contributed by atoms with van der Waals surface area (Å²) >= 11 is 0. The molecule has 0 saturated heterocycles. The van der Waals surface area contributed by atoms with Crippen LogP contribution in [0.4, 0.5) is 5.69 Å². The van der Waals surface area contributed by atoms with Crippen LogP contribution >= 0.6 is 0 Å². The van der Waals surface area contributed by atoms with Gasteiger partial charge in [0.15, 0.2) is 0 Å². The van der Waals surface area contributed by atoms with Gasteiger partial charge in [0.2, 0.25) is 0 Å². The van der Waals surface area contributed by atoms with Crippen LogP contribution < -0.4 is 10.2 Å². The fraction of sp³-hybridized carbons (Fsp3) is 0.625. The number of aliphatic hydroxyl groups is 1. The highest BCUT2D eigenvalue weighted by atomic mass is 16.3. The fourth-order valence-corrected chi connectivity index (χ4v) is 2.30. The van der Waals surface area contributed by atoms with E-state index in [1.807, 2.05) is 0 Å². The molecule has 2 atom stereocenters. The van der Waals surface area contributed by atoms with Crippen LogP contribution in [0.15, 0.2) is 24.3 Å². The first kappa shape index (κ1) is 16.0. The summed E-state index contributed by atoms with van der Waals surface area (Å²) in [5, 5.41) is 12.7. The number of benzene rings is 1. The smallest absolute Gasteiger partial charge is 0.0445 e. The van der Waals surface area contributed by atoms with E-state index >= 15 is 0 Å². The second-order valence-electron chi connectivity index (χ2n) is 5.23. The van der Waals surface area contributed by atoms with Crippen LogP contribution in [0.2, 0.25) is 0 Å². The van der Waals surface area contributed by atoms with Crippen molar-refractivity contribution in [2.45, 2.75) is 45.2 Å². The summed E-state index contributed by atoms with van der Waals surface area (Å²) in [6.07, 6.45) is 2.93. The number of hydrogen-bond acceptors (Lipinski definition) is 3. The van der Waals surface area contributed by atoms with Crippen molar-refractivity contribution < 1.29 is 5.11 Å². The first-order chi connectivity index (χ1) is 9.12. The Hall–Kier alpha value is -1.06. The summed E-state index contributed by atoms with van der Waals surface area (Å²) < 4.78 is 0. The molecule has 1 aromatic carbocycles. The van der Waals surface area contributed by atoms with E-state index in [2.05, 4.69) is 62.4 Å². The van der Waals surface area contributed by atoms with Crippen LogP contribution in [-0.2, 0) is 0 Å². The maximum Gasteiger partial charge on any atom is 0.0445 e. The molecule has 3 nitrogen and oxygen atoms in total. The van der Waals surface area contributed by atoms with Crippen molar-refractivity contribution >= 4 is 5.69 Å². The van der Waals surface area contributed by atoms with Gasteiger partial charge in [-0.05, 0) is 37.0 Å². The molecule has 0 amide bonds. The normalized spacial score (nSPS) is 14.2. The van der Waals surface area contributed by atoms with E-state index in [0.29, 0.717) is 12.1 Å². The Bertz CT molecular complexity index is 348. The zero-order valence-corrected chi connectivity index (χ0v) is 12.7. The minimum absolute atomic E-state index is 0.251. The molecule has 0 aliphatic heterocycles. The zero-order chi connectivity index (χ0) is 14.3. The van der Waals surface area contributed by atoms with Gasteiger partial charge in [-0.15, -0.1) is 0 Å². The molecule has 0 aromatic heterocycles. The summed E-state index contributed by atoms with van der Waals surface area (Å²) in [7, 11) is 4.11. The van der Waals surface area contributed by atoms with Gasteiger partial charge in [-0.2, -0.15) is 0 Å². The molecule has 0 aliphatic rings. The first-order valence-electron chi connectivity index (χ1n) is 7.26. The van der Waals surface area contributed by atoms with Crippen LogP contribution in [0.1, 0.15) is 44.7 Å². The van der Waals surface area contributed by atoms with Crippen LogP contribution in [0.25, 0.3) is 0 Å². The third-order valence-corrected chi connectivity index (χ3v) is 3.63. The van der Waals surface area contributed by atoms with Crippen molar-refractivity contribution in [3.05, 3.63) is 29.8 Å².